The minimum atomic E-state index is -2.07. The second-order valence-electron chi connectivity index (χ2n) is 7.98. The Morgan fingerprint density at radius 3 is 2.45 bits per heavy atom. The number of carbonyl (C=O) groups excluding carboxylic acids is 1. The van der Waals surface area contributed by atoms with Crippen molar-refractivity contribution >= 4 is 11.9 Å². The fraction of sp³-hybridized carbons (Fsp3) is 0.333. The van der Waals surface area contributed by atoms with Crippen LogP contribution in [0.5, 0.6) is 5.75 Å². The lowest BCUT2D eigenvalue weighted by Gasteiger charge is -2.28. The van der Waals surface area contributed by atoms with E-state index in [0.29, 0.717) is 42.9 Å². The molecule has 2 aromatic carbocycles. The van der Waals surface area contributed by atoms with Crippen LogP contribution in [0.3, 0.4) is 0 Å². The Bertz CT molecular complexity index is 1110. The predicted molar refractivity (Wildman–Crippen MR) is 127 cm³/mol. The number of nitrogens with zero attached hydrogens (tertiary/aromatic N) is 1. The predicted octanol–water partition coefficient (Wildman–Crippen LogP) is 6.02. The van der Waals surface area contributed by atoms with E-state index in [9.17, 15) is 9.59 Å². The highest BCUT2D eigenvalue weighted by Crippen LogP contribution is 2.24. The third-order valence-electron chi connectivity index (χ3n) is 5.09. The van der Waals surface area contributed by atoms with Gasteiger partial charge in [-0.15, -0.1) is 0 Å². The van der Waals surface area contributed by atoms with Crippen LogP contribution in [-0.4, -0.2) is 34.5 Å². The van der Waals surface area contributed by atoms with Crippen molar-refractivity contribution in [2.24, 2.45) is 0 Å². The Morgan fingerprint density at radius 1 is 1.03 bits per heavy atom. The lowest BCUT2D eigenvalue weighted by atomic mass is 10.1. The Hall–Kier alpha value is -3.54. The summed E-state index contributed by atoms with van der Waals surface area (Å²) in [5, 5.41) is 8.74. The van der Waals surface area contributed by atoms with Gasteiger partial charge in [0, 0.05) is 24.5 Å². The summed E-state index contributed by atoms with van der Waals surface area (Å²) in [4.78, 5) is 25.5. The Labute approximate surface area is 197 Å². The van der Waals surface area contributed by atoms with Crippen molar-refractivity contribution in [2.75, 3.05) is 6.61 Å². The van der Waals surface area contributed by atoms with Crippen LogP contribution in [0, 0.1) is 0 Å². The van der Waals surface area contributed by atoms with E-state index in [4.69, 9.17) is 17.0 Å². The molecule has 0 aliphatic rings. The minimum absolute atomic E-state index is 0.121. The molecule has 0 saturated carbocycles. The zero-order chi connectivity index (χ0) is 25.4. The van der Waals surface area contributed by atoms with Gasteiger partial charge >= 0.3 is 5.97 Å². The van der Waals surface area contributed by atoms with E-state index in [1.807, 2.05) is 6.07 Å². The monoisotopic (exact) mass is 451 g/mol. The van der Waals surface area contributed by atoms with Gasteiger partial charge in [0.05, 0.1) is 21.2 Å². The maximum atomic E-state index is 13.6. The average molecular weight is 452 g/mol. The first kappa shape index (κ1) is 21.3. The van der Waals surface area contributed by atoms with Crippen LogP contribution < -0.4 is 4.74 Å². The number of hydrogen-bond donors (Lipinski definition) is 1. The Kier molecular flexibility index (Phi) is 7.69. The van der Waals surface area contributed by atoms with E-state index >= 15 is 0 Å². The quantitative estimate of drug-likeness (QED) is 0.341. The highest BCUT2D eigenvalue weighted by atomic mass is 16.5. The summed E-state index contributed by atoms with van der Waals surface area (Å²) in [6.07, 6.45) is 3.64. The number of carboxylic acids is 1. The number of para-hydroxylation sites is 1. The molecule has 0 radical (unpaired) electrons. The molecule has 1 aromatic heterocycles. The normalized spacial score (nSPS) is 12.2. The molecule has 0 spiro atoms. The number of hydrogen-bond acceptors (Lipinski definition) is 4. The molecule has 3 aromatic rings. The number of unbranched alkanes of at least 4 members (excludes halogenated alkanes) is 2. The largest absolute Gasteiger partial charge is 0.493 e. The van der Waals surface area contributed by atoms with Crippen LogP contribution in [0.1, 0.15) is 58.2 Å². The molecule has 6 nitrogen and oxygen atoms in total. The van der Waals surface area contributed by atoms with Gasteiger partial charge < -0.3 is 19.2 Å². The fourth-order valence-electron chi connectivity index (χ4n) is 3.34. The fourth-order valence-corrected chi connectivity index (χ4v) is 3.34. The molecule has 0 atom stereocenters. The molecule has 0 saturated heterocycles. The van der Waals surface area contributed by atoms with Gasteiger partial charge in [-0.25, -0.2) is 0 Å². The van der Waals surface area contributed by atoms with Gasteiger partial charge in [0.2, 0.25) is 0 Å². The van der Waals surface area contributed by atoms with E-state index in [2.05, 4.69) is 0 Å². The highest BCUT2D eigenvalue weighted by molar-refractivity contribution is 5.97. The summed E-state index contributed by atoms with van der Waals surface area (Å²) in [7, 11) is 0. The molecule has 174 valence electrons. The Balaban J connectivity index is 1.77. The smallest absolute Gasteiger partial charge is 0.303 e. The zero-order valence-corrected chi connectivity index (χ0v) is 19.0. The second-order valence-corrected chi connectivity index (χ2v) is 7.98. The van der Waals surface area contributed by atoms with Crippen molar-refractivity contribution in [1.82, 2.24) is 4.90 Å². The summed E-state index contributed by atoms with van der Waals surface area (Å²) in [6.45, 7) is 1.82. The molecule has 0 unspecified atom stereocenters. The first-order chi connectivity index (χ1) is 16.7. The van der Waals surface area contributed by atoms with E-state index < -0.39 is 24.4 Å². The van der Waals surface area contributed by atoms with Crippen LogP contribution in [0.4, 0.5) is 0 Å². The maximum absolute atomic E-state index is 13.6. The van der Waals surface area contributed by atoms with Crippen LogP contribution >= 0.6 is 0 Å². The van der Waals surface area contributed by atoms with Crippen LogP contribution in [0.2, 0.25) is 0 Å². The molecule has 33 heavy (non-hydrogen) atoms. The van der Waals surface area contributed by atoms with E-state index in [1.165, 1.54) is 4.90 Å². The highest BCUT2D eigenvalue weighted by Gasteiger charge is 2.22. The number of carbonyl (C=O) groups is 2. The molecular formula is C27H31NO5. The first-order valence-corrected chi connectivity index (χ1v) is 11.1. The molecule has 3 rings (SSSR count). The molecule has 1 heterocycles. The number of benzene rings is 2. The van der Waals surface area contributed by atoms with Crippen LogP contribution in [-0.2, 0) is 11.3 Å². The summed E-state index contributed by atoms with van der Waals surface area (Å²) in [5.41, 5.74) is 1.45. The van der Waals surface area contributed by atoms with Gasteiger partial charge in [-0.2, -0.15) is 0 Å². The van der Waals surface area contributed by atoms with Gasteiger partial charge in [-0.3, -0.25) is 9.59 Å². The number of aliphatic carboxylic acids is 1. The molecule has 0 aliphatic carbocycles. The molecular weight excluding hydrogens is 418 g/mol. The minimum Gasteiger partial charge on any atom is -0.493 e. The summed E-state index contributed by atoms with van der Waals surface area (Å²) >= 11 is 0. The number of rotatable bonds is 12. The summed E-state index contributed by atoms with van der Waals surface area (Å²) < 4.78 is 29.0. The number of ether oxygens (including phenoxy) is 1. The molecule has 0 aliphatic heterocycles. The molecule has 6 heteroatoms. The average Bonchev–Trinajstić information content (AvgIpc) is 3.36. The molecule has 1 amide bonds. The van der Waals surface area contributed by atoms with Gasteiger partial charge in [0.15, 0.2) is 0 Å². The zero-order valence-electron chi connectivity index (χ0n) is 21.0. The van der Waals surface area contributed by atoms with E-state index in [0.717, 1.165) is 5.56 Å². The lowest BCUT2D eigenvalue weighted by Crippen LogP contribution is -2.36. The van der Waals surface area contributed by atoms with Crippen molar-refractivity contribution < 1.29 is 26.6 Å². The third-order valence-corrected chi connectivity index (χ3v) is 5.09. The summed E-state index contributed by atoms with van der Waals surface area (Å²) in [6, 6.07) is 16.9. The van der Waals surface area contributed by atoms with Gasteiger partial charge in [-0.1, -0.05) is 36.4 Å². The molecule has 0 bridgehead atoms. The van der Waals surface area contributed by atoms with Crippen molar-refractivity contribution in [3.05, 3.63) is 78.1 Å². The van der Waals surface area contributed by atoms with E-state index in [1.54, 1.807) is 74.7 Å². The van der Waals surface area contributed by atoms with Crippen molar-refractivity contribution in [1.29, 1.82) is 0 Å². The van der Waals surface area contributed by atoms with Crippen LogP contribution in [0.25, 0.3) is 11.3 Å². The van der Waals surface area contributed by atoms with Gasteiger partial charge in [0.25, 0.3) is 5.91 Å². The first-order valence-electron chi connectivity index (χ1n) is 12.1. The topological polar surface area (TPSA) is 80.0 Å². The number of amides is 1. The van der Waals surface area contributed by atoms with Crippen LogP contribution in [0.15, 0.2) is 71.3 Å². The van der Waals surface area contributed by atoms with Gasteiger partial charge in [-0.05, 0) is 62.9 Å². The van der Waals surface area contributed by atoms with Crippen molar-refractivity contribution in [3.63, 3.8) is 0 Å². The molecule has 1 N–H and O–H groups in total. The molecule has 0 fully saturated rings. The Morgan fingerprint density at radius 2 is 1.79 bits per heavy atom. The summed E-state index contributed by atoms with van der Waals surface area (Å²) in [5.74, 6) is -0.226. The third kappa shape index (κ3) is 6.97. The lowest BCUT2D eigenvalue weighted by molar-refractivity contribution is -0.137. The SMILES string of the molecule is [2H]C([2H])(c1ccc(-c2ccco2)cc1)N(C(=O)c1ccccc1OCCCCCC(=O)O)C(C)C. The second kappa shape index (κ2) is 11.9. The van der Waals surface area contributed by atoms with Gasteiger partial charge in [0.1, 0.15) is 11.5 Å². The van der Waals surface area contributed by atoms with Crippen molar-refractivity contribution in [2.45, 2.75) is 52.1 Å². The number of carboxylic acid groups (broad SMARTS) is 1. The van der Waals surface area contributed by atoms with E-state index in [-0.39, 0.29) is 12.0 Å². The van der Waals surface area contributed by atoms with Crippen molar-refractivity contribution in [3.8, 4) is 17.1 Å². The maximum Gasteiger partial charge on any atom is 0.303 e. The number of furan rings is 1. The standard InChI is InChI=1S/C27H31NO5/c1-20(2)28(19-21-13-15-22(16-14-21)24-11-8-18-32-24)27(31)23-9-5-6-10-25(23)33-17-7-3-4-12-26(29)30/h5-6,8-11,13-16,18,20H,3-4,7,12,17,19H2,1-2H3,(H,29,30)/i19D2.